The number of nitrogens with one attached hydrogen (secondary N) is 1. The highest BCUT2D eigenvalue weighted by atomic mass is 16.5. The second-order valence-electron chi connectivity index (χ2n) is 5.99. The quantitative estimate of drug-likeness (QED) is 0.739. The van der Waals surface area contributed by atoms with E-state index in [4.69, 9.17) is 14.2 Å². The molecule has 0 fully saturated rings. The molecule has 2 aromatic rings. The number of rotatable bonds is 9. The van der Waals surface area contributed by atoms with Crippen molar-refractivity contribution >= 4 is 5.91 Å². The first kappa shape index (κ1) is 19.6. The minimum Gasteiger partial charge on any atom is -0.493 e. The van der Waals surface area contributed by atoms with E-state index in [9.17, 15) is 4.79 Å². The molecule has 2 rings (SSSR count). The van der Waals surface area contributed by atoms with Crippen LogP contribution in [-0.4, -0.2) is 27.2 Å². The van der Waals surface area contributed by atoms with E-state index in [0.717, 1.165) is 24.0 Å². The van der Waals surface area contributed by atoms with Gasteiger partial charge in [-0.2, -0.15) is 0 Å². The summed E-state index contributed by atoms with van der Waals surface area (Å²) in [5, 5.41) is 3.13. The minimum atomic E-state index is -0.0576. The summed E-state index contributed by atoms with van der Waals surface area (Å²) >= 11 is 0. The lowest BCUT2D eigenvalue weighted by atomic mass is 10.0. The third-order valence-corrected chi connectivity index (χ3v) is 4.25. The molecule has 5 nitrogen and oxygen atoms in total. The van der Waals surface area contributed by atoms with E-state index in [1.165, 1.54) is 0 Å². The van der Waals surface area contributed by atoms with Crippen LogP contribution in [0.5, 0.6) is 17.2 Å². The summed E-state index contributed by atoms with van der Waals surface area (Å²) in [6.45, 7) is 2.11. The number of hydrogen-bond donors (Lipinski definition) is 1. The maximum atomic E-state index is 12.7. The van der Waals surface area contributed by atoms with Gasteiger partial charge >= 0.3 is 0 Å². The van der Waals surface area contributed by atoms with Crippen molar-refractivity contribution in [2.24, 2.45) is 0 Å². The van der Waals surface area contributed by atoms with Crippen LogP contribution in [0.3, 0.4) is 0 Å². The Morgan fingerprint density at radius 3 is 2.23 bits per heavy atom. The van der Waals surface area contributed by atoms with Gasteiger partial charge in [-0.1, -0.05) is 49.7 Å². The smallest absolute Gasteiger partial charge is 0.225 e. The summed E-state index contributed by atoms with van der Waals surface area (Å²) in [7, 11) is 4.68. The number of benzene rings is 2. The first-order valence-corrected chi connectivity index (χ1v) is 8.76. The topological polar surface area (TPSA) is 56.8 Å². The molecule has 0 aromatic heterocycles. The van der Waals surface area contributed by atoms with Crippen molar-refractivity contribution in [3.05, 3.63) is 53.6 Å². The predicted molar refractivity (Wildman–Crippen MR) is 102 cm³/mol. The average Bonchev–Trinajstić information content (AvgIpc) is 2.67. The SMILES string of the molecule is CCCC(NC(=O)Cc1ccc(OC)c(OC)c1OC)c1ccccc1. The molecule has 0 bridgehead atoms. The molecule has 26 heavy (non-hydrogen) atoms. The van der Waals surface area contributed by atoms with Gasteiger partial charge in [-0.3, -0.25) is 4.79 Å². The number of amides is 1. The van der Waals surface area contributed by atoms with Crippen molar-refractivity contribution in [1.82, 2.24) is 5.32 Å². The summed E-state index contributed by atoms with van der Waals surface area (Å²) < 4.78 is 16.1. The highest BCUT2D eigenvalue weighted by Crippen LogP contribution is 2.39. The van der Waals surface area contributed by atoms with E-state index >= 15 is 0 Å². The van der Waals surface area contributed by atoms with E-state index in [2.05, 4.69) is 12.2 Å². The molecule has 0 aliphatic rings. The van der Waals surface area contributed by atoms with Crippen molar-refractivity contribution in [1.29, 1.82) is 0 Å². The lowest BCUT2D eigenvalue weighted by Crippen LogP contribution is -2.30. The Morgan fingerprint density at radius 2 is 1.65 bits per heavy atom. The summed E-state index contributed by atoms with van der Waals surface area (Å²) in [5.41, 5.74) is 1.87. The van der Waals surface area contributed by atoms with Crippen LogP contribution in [0.2, 0.25) is 0 Å². The van der Waals surface area contributed by atoms with Crippen molar-refractivity contribution in [2.45, 2.75) is 32.2 Å². The molecule has 1 unspecified atom stereocenters. The molecule has 1 atom stereocenters. The molecule has 1 amide bonds. The Balaban J connectivity index is 2.18. The summed E-state index contributed by atoms with van der Waals surface area (Å²) in [4.78, 5) is 12.7. The minimum absolute atomic E-state index is 0.000149. The van der Waals surface area contributed by atoms with Gasteiger partial charge in [-0.15, -0.1) is 0 Å². The lowest BCUT2D eigenvalue weighted by Gasteiger charge is -2.20. The third-order valence-electron chi connectivity index (χ3n) is 4.25. The van der Waals surface area contributed by atoms with Gasteiger partial charge in [0.25, 0.3) is 0 Å². The monoisotopic (exact) mass is 357 g/mol. The van der Waals surface area contributed by atoms with Gasteiger partial charge in [-0.05, 0) is 18.1 Å². The molecule has 0 spiro atoms. The van der Waals surface area contributed by atoms with Crippen LogP contribution in [-0.2, 0) is 11.2 Å². The molecular formula is C21H27NO4. The van der Waals surface area contributed by atoms with E-state index in [0.29, 0.717) is 17.2 Å². The maximum Gasteiger partial charge on any atom is 0.225 e. The zero-order valence-corrected chi connectivity index (χ0v) is 15.9. The number of carbonyl (C=O) groups excluding carboxylic acids is 1. The predicted octanol–water partition coefficient (Wildman–Crippen LogP) is 3.91. The molecule has 0 aliphatic carbocycles. The largest absolute Gasteiger partial charge is 0.493 e. The standard InChI is InChI=1S/C21H27NO4/c1-5-9-17(15-10-7-6-8-11-15)22-19(23)14-16-12-13-18(24-2)21(26-4)20(16)25-3/h6-8,10-13,17H,5,9,14H2,1-4H3,(H,22,23). The van der Waals surface area contributed by atoms with Crippen LogP contribution in [0, 0.1) is 0 Å². The maximum absolute atomic E-state index is 12.7. The fourth-order valence-corrected chi connectivity index (χ4v) is 3.02. The molecule has 0 saturated carbocycles. The first-order chi connectivity index (χ1) is 12.6. The number of ether oxygens (including phenoxy) is 3. The van der Waals surface area contributed by atoms with Gasteiger partial charge in [-0.25, -0.2) is 0 Å². The van der Waals surface area contributed by atoms with Crippen molar-refractivity contribution in [3.63, 3.8) is 0 Å². The van der Waals surface area contributed by atoms with Crippen LogP contribution >= 0.6 is 0 Å². The molecule has 5 heteroatoms. The van der Waals surface area contributed by atoms with Crippen LogP contribution in [0.1, 0.15) is 36.9 Å². The second-order valence-corrected chi connectivity index (χ2v) is 5.99. The molecule has 0 aliphatic heterocycles. The van der Waals surface area contributed by atoms with Crippen molar-refractivity contribution < 1.29 is 19.0 Å². The number of methoxy groups -OCH3 is 3. The van der Waals surface area contributed by atoms with E-state index in [1.54, 1.807) is 27.4 Å². The van der Waals surface area contributed by atoms with Gasteiger partial charge in [0.15, 0.2) is 11.5 Å². The van der Waals surface area contributed by atoms with Crippen LogP contribution in [0.4, 0.5) is 0 Å². The number of carbonyl (C=O) groups is 1. The molecule has 2 aromatic carbocycles. The molecule has 0 heterocycles. The fraction of sp³-hybridized carbons (Fsp3) is 0.381. The first-order valence-electron chi connectivity index (χ1n) is 8.76. The van der Waals surface area contributed by atoms with Crippen LogP contribution in [0.15, 0.2) is 42.5 Å². The van der Waals surface area contributed by atoms with Gasteiger partial charge in [0, 0.05) is 5.56 Å². The Hall–Kier alpha value is -2.69. The summed E-state index contributed by atoms with van der Waals surface area (Å²) in [6.07, 6.45) is 2.08. The second kappa shape index (κ2) is 9.70. The molecule has 0 radical (unpaired) electrons. The molecule has 0 saturated heterocycles. The fourth-order valence-electron chi connectivity index (χ4n) is 3.02. The van der Waals surface area contributed by atoms with E-state index in [-0.39, 0.29) is 18.4 Å². The molecule has 140 valence electrons. The Morgan fingerprint density at radius 1 is 0.962 bits per heavy atom. The van der Waals surface area contributed by atoms with Crippen LogP contribution in [0.25, 0.3) is 0 Å². The van der Waals surface area contributed by atoms with Gasteiger partial charge < -0.3 is 19.5 Å². The average molecular weight is 357 g/mol. The van der Waals surface area contributed by atoms with Gasteiger partial charge in [0.05, 0.1) is 33.8 Å². The van der Waals surface area contributed by atoms with E-state index < -0.39 is 0 Å². The van der Waals surface area contributed by atoms with Crippen LogP contribution < -0.4 is 19.5 Å². The Labute approximate surface area is 155 Å². The van der Waals surface area contributed by atoms with E-state index in [1.807, 2.05) is 36.4 Å². The molecular weight excluding hydrogens is 330 g/mol. The lowest BCUT2D eigenvalue weighted by molar-refractivity contribution is -0.121. The zero-order valence-electron chi connectivity index (χ0n) is 15.9. The van der Waals surface area contributed by atoms with Gasteiger partial charge in [0.1, 0.15) is 0 Å². The highest BCUT2D eigenvalue weighted by Gasteiger charge is 2.19. The Kier molecular flexibility index (Phi) is 7.33. The van der Waals surface area contributed by atoms with Crippen molar-refractivity contribution in [3.8, 4) is 17.2 Å². The van der Waals surface area contributed by atoms with Gasteiger partial charge in [0.2, 0.25) is 11.7 Å². The highest BCUT2D eigenvalue weighted by molar-refractivity contribution is 5.80. The zero-order chi connectivity index (χ0) is 18.9. The molecule has 1 N–H and O–H groups in total. The normalized spacial score (nSPS) is 11.5. The van der Waals surface area contributed by atoms with Crippen molar-refractivity contribution in [2.75, 3.05) is 21.3 Å². The Bertz CT molecular complexity index is 715. The number of hydrogen-bond acceptors (Lipinski definition) is 4. The summed E-state index contributed by atoms with van der Waals surface area (Å²) in [5.74, 6) is 1.53. The summed E-state index contributed by atoms with van der Waals surface area (Å²) in [6, 6.07) is 13.6. The third kappa shape index (κ3) is 4.69.